The molecule has 1 amide bonds. The molecule has 1 aliphatic rings. The Morgan fingerprint density at radius 2 is 2.22 bits per heavy atom. The molecule has 0 radical (unpaired) electrons. The highest BCUT2D eigenvalue weighted by Crippen LogP contribution is 2.29. The number of hydrogen-bond donors (Lipinski definition) is 1. The van der Waals surface area contributed by atoms with Crippen LogP contribution in [0, 0.1) is 5.92 Å². The van der Waals surface area contributed by atoms with E-state index in [1.807, 2.05) is 0 Å². The van der Waals surface area contributed by atoms with Crippen LogP contribution in [0.15, 0.2) is 18.2 Å². The Bertz CT molecular complexity index is 524. The fourth-order valence-corrected chi connectivity index (χ4v) is 2.18. The Hall–Kier alpha value is -2.17. The summed E-state index contributed by atoms with van der Waals surface area (Å²) in [5, 5.41) is 9.03. The van der Waals surface area contributed by atoms with Crippen LogP contribution in [0.4, 0.5) is 5.69 Å². The average Bonchev–Trinajstić information content (AvgIpc) is 2.48. The maximum atomic E-state index is 12.0. The lowest BCUT2D eigenvalue weighted by atomic mass is 10.0. The van der Waals surface area contributed by atoms with Gasteiger partial charge in [0.2, 0.25) is 5.91 Å². The van der Waals surface area contributed by atoms with Crippen molar-refractivity contribution in [2.45, 2.75) is 12.8 Å². The molecule has 0 aromatic heterocycles. The van der Waals surface area contributed by atoms with E-state index in [0.717, 1.165) is 5.56 Å². The van der Waals surface area contributed by atoms with E-state index in [-0.39, 0.29) is 6.42 Å². The van der Waals surface area contributed by atoms with E-state index in [1.54, 1.807) is 18.2 Å². The van der Waals surface area contributed by atoms with E-state index in [0.29, 0.717) is 24.0 Å². The number of anilines is 1. The first-order valence-electron chi connectivity index (χ1n) is 5.63. The average molecular weight is 247 g/mol. The molecule has 0 saturated carbocycles. The number of carboxylic acids is 1. The minimum Gasteiger partial charge on any atom is -0.481 e. The summed E-state index contributed by atoms with van der Waals surface area (Å²) in [6.45, 7) is 0. The molecule has 0 bridgehead atoms. The third-order valence-electron chi connectivity index (χ3n) is 3.24. The van der Waals surface area contributed by atoms with Crippen molar-refractivity contribution in [1.29, 1.82) is 0 Å². The number of aryl methyl sites for hydroxylation is 1. The molecule has 1 unspecified atom stereocenters. The molecule has 0 saturated heterocycles. The Kier molecular flexibility index (Phi) is 3.14. The van der Waals surface area contributed by atoms with Gasteiger partial charge in [0.25, 0.3) is 0 Å². The molecule has 0 fully saturated rings. The first-order chi connectivity index (χ1) is 8.54. The van der Waals surface area contributed by atoms with E-state index in [4.69, 9.17) is 5.11 Å². The van der Waals surface area contributed by atoms with Crippen molar-refractivity contribution >= 4 is 23.9 Å². The number of carboxylic acid groups (broad SMARTS) is 1. The first kappa shape index (κ1) is 12.3. The standard InChI is InChI=1S/C13H13NO4/c1-14-11-6-8(7-15)2-3-9(11)4-5-10(12(14)16)13(17)18/h2-3,6-7,10H,4-5H2,1H3,(H,17,18). The van der Waals surface area contributed by atoms with Crippen LogP contribution in [0.3, 0.4) is 0 Å². The van der Waals surface area contributed by atoms with Crippen molar-refractivity contribution in [2.24, 2.45) is 5.92 Å². The van der Waals surface area contributed by atoms with Gasteiger partial charge >= 0.3 is 5.97 Å². The van der Waals surface area contributed by atoms with Gasteiger partial charge in [-0.25, -0.2) is 0 Å². The number of aldehydes is 1. The second-order valence-corrected chi connectivity index (χ2v) is 4.33. The molecular formula is C13H13NO4. The van der Waals surface area contributed by atoms with Crippen LogP contribution in [0.25, 0.3) is 0 Å². The maximum Gasteiger partial charge on any atom is 0.316 e. The zero-order valence-corrected chi connectivity index (χ0v) is 9.92. The number of benzene rings is 1. The molecular weight excluding hydrogens is 234 g/mol. The molecule has 2 rings (SSSR count). The monoisotopic (exact) mass is 247 g/mol. The van der Waals surface area contributed by atoms with Gasteiger partial charge in [0, 0.05) is 18.3 Å². The van der Waals surface area contributed by atoms with Crippen LogP contribution in [-0.2, 0) is 16.0 Å². The lowest BCUT2D eigenvalue weighted by Crippen LogP contribution is -2.35. The summed E-state index contributed by atoms with van der Waals surface area (Å²) in [5.74, 6) is -2.55. The van der Waals surface area contributed by atoms with Gasteiger partial charge in [0.1, 0.15) is 12.2 Å². The number of aliphatic carboxylic acids is 1. The molecule has 5 heteroatoms. The van der Waals surface area contributed by atoms with Gasteiger partial charge in [-0.1, -0.05) is 12.1 Å². The Morgan fingerprint density at radius 1 is 1.50 bits per heavy atom. The number of amides is 1. The largest absolute Gasteiger partial charge is 0.481 e. The van der Waals surface area contributed by atoms with E-state index in [9.17, 15) is 14.4 Å². The second-order valence-electron chi connectivity index (χ2n) is 4.33. The van der Waals surface area contributed by atoms with Crippen molar-refractivity contribution in [3.63, 3.8) is 0 Å². The van der Waals surface area contributed by atoms with E-state index < -0.39 is 17.8 Å². The topological polar surface area (TPSA) is 74.7 Å². The van der Waals surface area contributed by atoms with Gasteiger partial charge < -0.3 is 10.0 Å². The zero-order chi connectivity index (χ0) is 13.3. The van der Waals surface area contributed by atoms with Crippen LogP contribution in [0.2, 0.25) is 0 Å². The molecule has 1 heterocycles. The third kappa shape index (κ3) is 1.99. The highest BCUT2D eigenvalue weighted by Gasteiger charge is 2.33. The smallest absolute Gasteiger partial charge is 0.316 e. The van der Waals surface area contributed by atoms with Gasteiger partial charge in [0.15, 0.2) is 0 Å². The highest BCUT2D eigenvalue weighted by molar-refractivity contribution is 6.06. The van der Waals surface area contributed by atoms with Crippen LogP contribution >= 0.6 is 0 Å². The molecule has 1 aromatic rings. The van der Waals surface area contributed by atoms with E-state index in [2.05, 4.69) is 0 Å². The summed E-state index contributed by atoms with van der Waals surface area (Å²) < 4.78 is 0. The third-order valence-corrected chi connectivity index (χ3v) is 3.24. The number of carbonyl (C=O) groups excluding carboxylic acids is 2. The normalized spacial score (nSPS) is 19.1. The van der Waals surface area contributed by atoms with Crippen molar-refractivity contribution in [1.82, 2.24) is 0 Å². The lowest BCUT2D eigenvalue weighted by molar-refractivity contribution is -0.146. The zero-order valence-electron chi connectivity index (χ0n) is 9.92. The number of nitrogens with zero attached hydrogens (tertiary/aromatic N) is 1. The van der Waals surface area contributed by atoms with Gasteiger partial charge in [-0.3, -0.25) is 14.4 Å². The van der Waals surface area contributed by atoms with Gasteiger partial charge in [-0.15, -0.1) is 0 Å². The maximum absolute atomic E-state index is 12.0. The van der Waals surface area contributed by atoms with Crippen LogP contribution in [0.1, 0.15) is 22.3 Å². The molecule has 0 spiro atoms. The van der Waals surface area contributed by atoms with E-state index in [1.165, 1.54) is 11.9 Å². The predicted octanol–water partition coefficient (Wildman–Crippen LogP) is 1.11. The minimum atomic E-state index is -1.10. The molecule has 5 nitrogen and oxygen atoms in total. The molecule has 1 aliphatic heterocycles. The number of rotatable bonds is 2. The quantitative estimate of drug-likeness (QED) is 0.627. The Labute approximate surface area is 104 Å². The van der Waals surface area contributed by atoms with Crippen LogP contribution in [-0.4, -0.2) is 30.3 Å². The van der Waals surface area contributed by atoms with Crippen molar-refractivity contribution in [3.05, 3.63) is 29.3 Å². The molecule has 1 N–H and O–H groups in total. The highest BCUT2D eigenvalue weighted by atomic mass is 16.4. The number of hydrogen-bond acceptors (Lipinski definition) is 3. The van der Waals surface area contributed by atoms with Gasteiger partial charge in [0.05, 0.1) is 0 Å². The minimum absolute atomic E-state index is 0.284. The van der Waals surface area contributed by atoms with Crippen molar-refractivity contribution < 1.29 is 19.5 Å². The second kappa shape index (κ2) is 4.60. The van der Waals surface area contributed by atoms with Crippen molar-refractivity contribution in [3.8, 4) is 0 Å². The Balaban J connectivity index is 2.46. The summed E-state index contributed by atoms with van der Waals surface area (Å²) in [6.07, 6.45) is 1.51. The number of fused-ring (bicyclic) bond motifs is 1. The fourth-order valence-electron chi connectivity index (χ4n) is 2.18. The SMILES string of the molecule is CN1C(=O)C(C(=O)O)CCc2ccc(C=O)cc21. The molecule has 18 heavy (non-hydrogen) atoms. The summed E-state index contributed by atoms with van der Waals surface area (Å²) in [4.78, 5) is 35.1. The predicted molar refractivity (Wildman–Crippen MR) is 64.7 cm³/mol. The number of carbonyl (C=O) groups is 3. The molecule has 1 aromatic carbocycles. The summed E-state index contributed by atoms with van der Waals surface area (Å²) in [6, 6.07) is 5.06. The summed E-state index contributed by atoms with van der Waals surface area (Å²) in [7, 11) is 1.54. The van der Waals surface area contributed by atoms with Gasteiger partial charge in [-0.2, -0.15) is 0 Å². The van der Waals surface area contributed by atoms with E-state index >= 15 is 0 Å². The van der Waals surface area contributed by atoms with Crippen LogP contribution < -0.4 is 4.90 Å². The first-order valence-corrected chi connectivity index (χ1v) is 5.63. The summed E-state index contributed by atoms with van der Waals surface area (Å²) >= 11 is 0. The molecule has 0 aliphatic carbocycles. The van der Waals surface area contributed by atoms with Crippen LogP contribution in [0.5, 0.6) is 0 Å². The fraction of sp³-hybridized carbons (Fsp3) is 0.308. The lowest BCUT2D eigenvalue weighted by Gasteiger charge is -2.19. The van der Waals surface area contributed by atoms with Gasteiger partial charge in [-0.05, 0) is 24.5 Å². The molecule has 94 valence electrons. The van der Waals surface area contributed by atoms with Crippen molar-refractivity contribution in [2.75, 3.05) is 11.9 Å². The Morgan fingerprint density at radius 3 is 2.83 bits per heavy atom. The molecule has 1 atom stereocenters. The summed E-state index contributed by atoms with van der Waals surface area (Å²) in [5.41, 5.74) is 1.98.